The maximum Gasteiger partial charge on any atom is 0.327 e. The highest BCUT2D eigenvalue weighted by molar-refractivity contribution is 5.98. The van der Waals surface area contributed by atoms with Crippen LogP contribution in [0.15, 0.2) is 30.5 Å². The monoisotopic (exact) mass is 319 g/mol. The molecule has 0 aromatic heterocycles. The van der Waals surface area contributed by atoms with Gasteiger partial charge in [0.15, 0.2) is 0 Å². The highest BCUT2D eigenvalue weighted by Gasteiger charge is 2.34. The number of hydrogen-bond acceptors (Lipinski definition) is 3. The second-order valence-electron chi connectivity index (χ2n) is 5.79. The van der Waals surface area contributed by atoms with Crippen LogP contribution in [0.5, 0.6) is 0 Å². The fourth-order valence-electron chi connectivity index (χ4n) is 2.81. The zero-order valence-electron chi connectivity index (χ0n) is 13.2. The zero-order chi connectivity index (χ0) is 17.0. The Morgan fingerprint density at radius 1 is 1.52 bits per heavy atom. The molecule has 1 aromatic carbocycles. The molecule has 5 nitrogen and oxygen atoms in total. The number of amides is 2. The summed E-state index contributed by atoms with van der Waals surface area (Å²) in [6, 6.07) is 3.92. The number of carbonyl (C=O) groups excluding carboxylic acids is 1. The second kappa shape index (κ2) is 7.37. The number of rotatable bonds is 5. The lowest BCUT2D eigenvalue weighted by atomic mass is 10.0. The SMILES string of the molecule is C=C(CCCO)NC(=O)N1C(=N)CCC1c1cc(C)cc(F)c1. The topological polar surface area (TPSA) is 76.4 Å². The summed E-state index contributed by atoms with van der Waals surface area (Å²) < 4.78 is 13.6. The molecular weight excluding hydrogens is 297 g/mol. The van der Waals surface area contributed by atoms with E-state index in [-0.39, 0.29) is 24.3 Å². The van der Waals surface area contributed by atoms with Crippen LogP contribution in [0.25, 0.3) is 0 Å². The number of urea groups is 1. The number of carbonyl (C=O) groups is 1. The lowest BCUT2D eigenvalue weighted by Gasteiger charge is -2.26. The van der Waals surface area contributed by atoms with Gasteiger partial charge in [-0.05, 0) is 49.4 Å². The Morgan fingerprint density at radius 2 is 2.26 bits per heavy atom. The van der Waals surface area contributed by atoms with Gasteiger partial charge in [0.25, 0.3) is 0 Å². The third-order valence-electron chi connectivity index (χ3n) is 3.85. The van der Waals surface area contributed by atoms with Crippen LogP contribution in [0, 0.1) is 18.2 Å². The van der Waals surface area contributed by atoms with Crippen LogP contribution < -0.4 is 5.32 Å². The molecule has 1 unspecified atom stereocenters. The largest absolute Gasteiger partial charge is 0.396 e. The van der Waals surface area contributed by atoms with Gasteiger partial charge in [0.1, 0.15) is 11.7 Å². The Balaban J connectivity index is 2.16. The van der Waals surface area contributed by atoms with E-state index in [2.05, 4.69) is 11.9 Å². The molecule has 0 aliphatic carbocycles. The number of allylic oxidation sites excluding steroid dienone is 1. The Hall–Kier alpha value is -2.21. The van der Waals surface area contributed by atoms with Crippen molar-refractivity contribution in [2.75, 3.05) is 6.61 Å². The molecule has 1 aliphatic rings. The van der Waals surface area contributed by atoms with Crippen LogP contribution in [0.3, 0.4) is 0 Å². The molecule has 1 heterocycles. The molecule has 0 bridgehead atoms. The number of likely N-dealkylation sites (tertiary alicyclic amines) is 1. The summed E-state index contributed by atoms with van der Waals surface area (Å²) in [5, 5.41) is 19.5. The van der Waals surface area contributed by atoms with Crippen molar-refractivity contribution in [3.63, 3.8) is 0 Å². The lowest BCUT2D eigenvalue weighted by Crippen LogP contribution is -2.41. The molecule has 0 saturated carbocycles. The van der Waals surface area contributed by atoms with Crippen LogP contribution in [0.2, 0.25) is 0 Å². The number of nitrogens with one attached hydrogen (secondary N) is 2. The van der Waals surface area contributed by atoms with E-state index in [1.165, 1.54) is 17.0 Å². The standard InChI is InChI=1S/C17H22FN3O2/c1-11-8-13(10-14(18)9-11)15-5-6-16(19)21(15)17(23)20-12(2)4-3-7-22/h8-10,15,19,22H,2-7H2,1H3,(H,20,23). The number of halogens is 1. The molecular formula is C17H22FN3O2. The summed E-state index contributed by atoms with van der Waals surface area (Å²) in [7, 11) is 0. The number of benzene rings is 1. The van der Waals surface area contributed by atoms with Crippen LogP contribution >= 0.6 is 0 Å². The van der Waals surface area contributed by atoms with Crippen LogP contribution in [0.1, 0.15) is 42.9 Å². The first-order chi connectivity index (χ1) is 10.9. The number of aryl methyl sites for hydroxylation is 1. The minimum Gasteiger partial charge on any atom is -0.396 e. The van der Waals surface area contributed by atoms with Gasteiger partial charge in [-0.3, -0.25) is 10.3 Å². The normalized spacial score (nSPS) is 17.4. The van der Waals surface area contributed by atoms with E-state index < -0.39 is 6.03 Å². The van der Waals surface area contributed by atoms with Crippen molar-refractivity contribution < 1.29 is 14.3 Å². The summed E-state index contributed by atoms with van der Waals surface area (Å²) in [6.45, 7) is 5.58. The van der Waals surface area contributed by atoms with Gasteiger partial charge in [0, 0.05) is 18.7 Å². The number of aliphatic hydroxyl groups is 1. The van der Waals surface area contributed by atoms with E-state index in [1.54, 1.807) is 6.92 Å². The quantitative estimate of drug-likeness (QED) is 0.779. The first kappa shape index (κ1) is 17.1. The smallest absolute Gasteiger partial charge is 0.327 e. The predicted octanol–water partition coefficient (Wildman–Crippen LogP) is 3.24. The molecule has 0 radical (unpaired) electrons. The Labute approximate surface area is 135 Å². The summed E-state index contributed by atoms with van der Waals surface area (Å²) >= 11 is 0. The van der Waals surface area contributed by atoms with E-state index in [0.29, 0.717) is 36.9 Å². The Kier molecular flexibility index (Phi) is 5.50. The van der Waals surface area contributed by atoms with Gasteiger partial charge >= 0.3 is 6.03 Å². The first-order valence-electron chi connectivity index (χ1n) is 7.65. The number of aliphatic hydroxyl groups excluding tert-OH is 1. The van der Waals surface area contributed by atoms with Gasteiger partial charge in [-0.2, -0.15) is 0 Å². The number of amidine groups is 1. The van der Waals surface area contributed by atoms with E-state index in [4.69, 9.17) is 10.5 Å². The molecule has 23 heavy (non-hydrogen) atoms. The van der Waals surface area contributed by atoms with Gasteiger partial charge in [-0.15, -0.1) is 0 Å². The molecule has 124 valence electrons. The second-order valence-corrected chi connectivity index (χ2v) is 5.79. The average Bonchev–Trinajstić information content (AvgIpc) is 2.86. The summed E-state index contributed by atoms with van der Waals surface area (Å²) in [5.74, 6) is -0.129. The molecule has 0 spiro atoms. The van der Waals surface area contributed by atoms with Crippen LogP contribution in [-0.4, -0.2) is 28.5 Å². The molecule has 3 N–H and O–H groups in total. The Bertz CT molecular complexity index is 610. The molecule has 2 rings (SSSR count). The van der Waals surface area contributed by atoms with Crippen molar-refractivity contribution in [3.05, 3.63) is 47.4 Å². The Morgan fingerprint density at radius 3 is 2.91 bits per heavy atom. The first-order valence-corrected chi connectivity index (χ1v) is 7.65. The highest BCUT2D eigenvalue weighted by atomic mass is 19.1. The number of nitrogens with zero attached hydrogens (tertiary/aromatic N) is 1. The molecule has 1 aliphatic heterocycles. The van der Waals surface area contributed by atoms with Gasteiger partial charge in [0.2, 0.25) is 0 Å². The minimum atomic E-state index is -0.428. The van der Waals surface area contributed by atoms with Crippen LogP contribution in [-0.2, 0) is 0 Å². The van der Waals surface area contributed by atoms with E-state index in [1.807, 2.05) is 6.07 Å². The molecule has 1 fully saturated rings. The summed E-state index contributed by atoms with van der Waals surface area (Å²) in [6.07, 6.45) is 2.06. The highest BCUT2D eigenvalue weighted by Crippen LogP contribution is 2.34. The third kappa shape index (κ3) is 4.16. The fourth-order valence-corrected chi connectivity index (χ4v) is 2.81. The minimum absolute atomic E-state index is 0.0274. The van der Waals surface area contributed by atoms with Crippen molar-refractivity contribution in [1.29, 1.82) is 5.41 Å². The van der Waals surface area contributed by atoms with E-state index in [9.17, 15) is 9.18 Å². The fraction of sp³-hybridized carbons (Fsp3) is 0.412. The van der Waals surface area contributed by atoms with Crippen molar-refractivity contribution in [2.45, 2.75) is 38.6 Å². The molecule has 1 saturated heterocycles. The van der Waals surface area contributed by atoms with E-state index >= 15 is 0 Å². The number of hydrogen-bond donors (Lipinski definition) is 3. The van der Waals surface area contributed by atoms with Crippen LogP contribution in [0.4, 0.5) is 9.18 Å². The van der Waals surface area contributed by atoms with Gasteiger partial charge in [0.05, 0.1) is 6.04 Å². The van der Waals surface area contributed by atoms with Gasteiger partial charge < -0.3 is 10.4 Å². The summed E-state index contributed by atoms with van der Waals surface area (Å²) in [5.41, 5.74) is 1.98. The zero-order valence-corrected chi connectivity index (χ0v) is 13.2. The molecule has 6 heteroatoms. The van der Waals surface area contributed by atoms with Crippen molar-refractivity contribution in [3.8, 4) is 0 Å². The van der Waals surface area contributed by atoms with Crippen molar-refractivity contribution in [2.24, 2.45) is 0 Å². The molecule has 1 atom stereocenters. The maximum atomic E-state index is 13.6. The van der Waals surface area contributed by atoms with Gasteiger partial charge in [-0.25, -0.2) is 9.18 Å². The van der Waals surface area contributed by atoms with Crippen molar-refractivity contribution in [1.82, 2.24) is 10.2 Å². The van der Waals surface area contributed by atoms with E-state index in [0.717, 1.165) is 5.56 Å². The predicted molar refractivity (Wildman–Crippen MR) is 86.7 cm³/mol. The average molecular weight is 319 g/mol. The molecule has 1 aromatic rings. The molecule has 2 amide bonds. The summed E-state index contributed by atoms with van der Waals surface area (Å²) in [4.78, 5) is 13.8. The third-order valence-corrected chi connectivity index (χ3v) is 3.85. The maximum absolute atomic E-state index is 13.6. The lowest BCUT2D eigenvalue weighted by molar-refractivity contribution is 0.214. The van der Waals surface area contributed by atoms with Gasteiger partial charge in [-0.1, -0.05) is 12.6 Å². The van der Waals surface area contributed by atoms with Crippen molar-refractivity contribution >= 4 is 11.9 Å².